The summed E-state index contributed by atoms with van der Waals surface area (Å²) in [7, 11) is 0. The zero-order chi connectivity index (χ0) is 16.7. The number of halogens is 2. The summed E-state index contributed by atoms with van der Waals surface area (Å²) in [6, 6.07) is 5.77. The van der Waals surface area contributed by atoms with Gasteiger partial charge in [0, 0.05) is 31.6 Å². The molecule has 1 aromatic carbocycles. The molecule has 1 amide bonds. The normalized spacial score (nSPS) is 17.8. The van der Waals surface area contributed by atoms with Crippen LogP contribution < -0.4 is 0 Å². The van der Waals surface area contributed by atoms with Gasteiger partial charge in [-0.25, -0.2) is 4.68 Å². The number of benzene rings is 1. The van der Waals surface area contributed by atoms with Crippen molar-refractivity contribution in [3.05, 3.63) is 45.7 Å². The monoisotopic (exact) mass is 364 g/mol. The number of aromatic nitrogens is 3. The number of carbonyl (C=O) groups excluding carboxylic acids is 1. The molecular weight excluding hydrogens is 347 g/mol. The molecule has 2 aliphatic rings. The fourth-order valence-electron chi connectivity index (χ4n) is 2.97. The van der Waals surface area contributed by atoms with Crippen LogP contribution in [0.3, 0.4) is 0 Å². The molecule has 126 valence electrons. The molecule has 4 rings (SSSR count). The third-order valence-corrected chi connectivity index (χ3v) is 5.46. The first-order valence-electron chi connectivity index (χ1n) is 8.23. The first kappa shape index (κ1) is 15.9. The van der Waals surface area contributed by atoms with Crippen molar-refractivity contribution in [3.8, 4) is 0 Å². The van der Waals surface area contributed by atoms with E-state index in [1.165, 1.54) is 12.8 Å². The first-order valence-corrected chi connectivity index (χ1v) is 8.99. The molecule has 1 aromatic heterocycles. The predicted molar refractivity (Wildman–Crippen MR) is 92.4 cm³/mol. The Kier molecular flexibility index (Phi) is 4.22. The van der Waals surface area contributed by atoms with E-state index in [0.29, 0.717) is 41.9 Å². The molecule has 1 saturated heterocycles. The van der Waals surface area contributed by atoms with Gasteiger partial charge in [-0.05, 0) is 37.0 Å². The van der Waals surface area contributed by atoms with E-state index in [0.717, 1.165) is 11.3 Å². The summed E-state index contributed by atoms with van der Waals surface area (Å²) in [6.45, 7) is 1.43. The van der Waals surface area contributed by atoms with E-state index in [-0.39, 0.29) is 11.9 Å². The highest BCUT2D eigenvalue weighted by Gasteiger charge is 2.34. The van der Waals surface area contributed by atoms with Crippen LogP contribution in [0.25, 0.3) is 0 Å². The molecule has 0 N–H and O–H groups in total. The molecule has 0 radical (unpaired) electrons. The summed E-state index contributed by atoms with van der Waals surface area (Å²) in [5, 5.41) is 9.50. The highest BCUT2D eigenvalue weighted by molar-refractivity contribution is 6.42. The van der Waals surface area contributed by atoms with E-state index in [9.17, 15) is 4.79 Å². The Morgan fingerprint density at radius 2 is 2.00 bits per heavy atom. The van der Waals surface area contributed by atoms with Gasteiger partial charge in [-0.3, -0.25) is 4.79 Å². The van der Waals surface area contributed by atoms with E-state index in [4.69, 9.17) is 23.2 Å². The average molecular weight is 365 g/mol. The lowest BCUT2D eigenvalue weighted by Crippen LogP contribution is -2.51. The second kappa shape index (κ2) is 6.37. The summed E-state index contributed by atoms with van der Waals surface area (Å²) in [5.74, 6) is 0.780. The summed E-state index contributed by atoms with van der Waals surface area (Å²) < 4.78 is 1.91. The van der Waals surface area contributed by atoms with Crippen LogP contribution in [0.15, 0.2) is 24.4 Å². The van der Waals surface area contributed by atoms with E-state index >= 15 is 0 Å². The number of aryl methyl sites for hydroxylation is 1. The predicted octanol–water partition coefficient (Wildman–Crippen LogP) is 3.48. The van der Waals surface area contributed by atoms with Gasteiger partial charge in [0.1, 0.15) is 0 Å². The molecule has 0 atom stereocenters. The molecule has 1 aliphatic carbocycles. The second-order valence-electron chi connectivity index (χ2n) is 6.60. The first-order chi connectivity index (χ1) is 11.6. The fraction of sp³-hybridized carbons (Fsp3) is 0.471. The molecule has 0 spiro atoms. The lowest BCUT2D eigenvalue weighted by atomic mass is 10.1. The van der Waals surface area contributed by atoms with Crippen molar-refractivity contribution in [1.29, 1.82) is 0 Å². The number of hydrogen-bond acceptors (Lipinski definition) is 3. The standard InChI is InChI=1S/C17H18Cl2N4O/c18-14-5-1-11(7-15(14)19)2-6-17(24)22-8-13(9-22)23-10-16(20-21-23)12-3-4-12/h1,5,7,10,12-13H,2-4,6,8-9H2. The van der Waals surface area contributed by atoms with Crippen LogP contribution in [0, 0.1) is 0 Å². The molecular formula is C17H18Cl2N4O. The van der Waals surface area contributed by atoms with Crippen molar-refractivity contribution in [2.45, 2.75) is 37.6 Å². The highest BCUT2D eigenvalue weighted by Crippen LogP contribution is 2.39. The SMILES string of the molecule is O=C(CCc1ccc(Cl)c(Cl)c1)N1CC(n2cc(C3CC3)nn2)C1. The van der Waals surface area contributed by atoms with Gasteiger partial charge in [-0.15, -0.1) is 5.10 Å². The van der Waals surface area contributed by atoms with E-state index < -0.39 is 0 Å². The summed E-state index contributed by atoms with van der Waals surface area (Å²) in [6.07, 6.45) is 5.65. The Morgan fingerprint density at radius 3 is 2.71 bits per heavy atom. The lowest BCUT2D eigenvalue weighted by molar-refractivity contribution is -0.137. The van der Waals surface area contributed by atoms with Gasteiger partial charge < -0.3 is 4.90 Å². The van der Waals surface area contributed by atoms with Gasteiger partial charge >= 0.3 is 0 Å². The van der Waals surface area contributed by atoms with Crippen LogP contribution in [-0.4, -0.2) is 38.9 Å². The van der Waals surface area contributed by atoms with Crippen molar-refractivity contribution < 1.29 is 4.79 Å². The minimum atomic E-state index is 0.167. The molecule has 24 heavy (non-hydrogen) atoms. The Hall–Kier alpha value is -1.59. The average Bonchev–Trinajstić information content (AvgIpc) is 3.26. The smallest absolute Gasteiger partial charge is 0.223 e. The van der Waals surface area contributed by atoms with Gasteiger partial charge in [-0.2, -0.15) is 0 Å². The van der Waals surface area contributed by atoms with Crippen molar-refractivity contribution >= 4 is 29.1 Å². The summed E-state index contributed by atoms with van der Waals surface area (Å²) in [5.41, 5.74) is 2.12. The maximum absolute atomic E-state index is 12.3. The van der Waals surface area contributed by atoms with Crippen molar-refractivity contribution in [2.24, 2.45) is 0 Å². The van der Waals surface area contributed by atoms with Crippen LogP contribution in [0.2, 0.25) is 10.0 Å². The van der Waals surface area contributed by atoms with Crippen molar-refractivity contribution in [1.82, 2.24) is 19.9 Å². The van der Waals surface area contributed by atoms with Crippen LogP contribution >= 0.6 is 23.2 Å². The van der Waals surface area contributed by atoms with Crippen LogP contribution in [0.1, 0.15) is 42.5 Å². The second-order valence-corrected chi connectivity index (χ2v) is 7.41. The number of amides is 1. The molecule has 1 saturated carbocycles. The largest absolute Gasteiger partial charge is 0.338 e. The molecule has 1 aliphatic heterocycles. The molecule has 0 unspecified atom stereocenters. The van der Waals surface area contributed by atoms with Crippen molar-refractivity contribution in [2.75, 3.05) is 13.1 Å². The molecule has 2 heterocycles. The van der Waals surface area contributed by atoms with E-state index in [1.807, 2.05) is 27.9 Å². The number of hydrogen-bond donors (Lipinski definition) is 0. The Labute approximate surface area is 150 Å². The van der Waals surface area contributed by atoms with Gasteiger partial charge in [0.15, 0.2) is 0 Å². The topological polar surface area (TPSA) is 51.0 Å². The Balaban J connectivity index is 1.26. The molecule has 2 fully saturated rings. The van der Waals surface area contributed by atoms with Gasteiger partial charge in [-0.1, -0.05) is 34.5 Å². The quantitative estimate of drug-likeness (QED) is 0.815. The minimum absolute atomic E-state index is 0.167. The minimum Gasteiger partial charge on any atom is -0.338 e. The summed E-state index contributed by atoms with van der Waals surface area (Å²) in [4.78, 5) is 14.1. The van der Waals surface area contributed by atoms with E-state index in [2.05, 4.69) is 10.3 Å². The van der Waals surface area contributed by atoms with Crippen LogP contribution in [0.5, 0.6) is 0 Å². The lowest BCUT2D eigenvalue weighted by Gasteiger charge is -2.39. The summed E-state index contributed by atoms with van der Waals surface area (Å²) >= 11 is 11.9. The molecule has 5 nitrogen and oxygen atoms in total. The highest BCUT2D eigenvalue weighted by atomic mass is 35.5. The number of nitrogens with zero attached hydrogens (tertiary/aromatic N) is 4. The Bertz CT molecular complexity index is 766. The number of rotatable bonds is 5. The molecule has 2 aromatic rings. The van der Waals surface area contributed by atoms with Gasteiger partial charge in [0.05, 0.1) is 21.8 Å². The zero-order valence-electron chi connectivity index (χ0n) is 13.2. The maximum Gasteiger partial charge on any atom is 0.223 e. The number of carbonyl (C=O) groups is 1. The van der Waals surface area contributed by atoms with Crippen molar-refractivity contribution in [3.63, 3.8) is 0 Å². The fourth-order valence-corrected chi connectivity index (χ4v) is 3.29. The third kappa shape index (κ3) is 3.28. The molecule has 0 bridgehead atoms. The van der Waals surface area contributed by atoms with Gasteiger partial charge in [0.25, 0.3) is 0 Å². The Morgan fingerprint density at radius 1 is 1.21 bits per heavy atom. The zero-order valence-corrected chi connectivity index (χ0v) is 14.7. The maximum atomic E-state index is 12.3. The molecule has 7 heteroatoms. The van der Waals surface area contributed by atoms with Gasteiger partial charge in [0.2, 0.25) is 5.91 Å². The van der Waals surface area contributed by atoms with Crippen LogP contribution in [0.4, 0.5) is 0 Å². The third-order valence-electron chi connectivity index (χ3n) is 4.72. The number of likely N-dealkylation sites (tertiary alicyclic amines) is 1. The van der Waals surface area contributed by atoms with E-state index in [1.54, 1.807) is 6.07 Å². The van der Waals surface area contributed by atoms with Crippen LogP contribution in [-0.2, 0) is 11.2 Å².